The molecule has 184 valence electrons. The van der Waals surface area contributed by atoms with Gasteiger partial charge in [-0.2, -0.15) is 0 Å². The average Bonchev–Trinajstić information content (AvgIpc) is 2.81. The maximum absolute atomic E-state index is 12.4. The minimum atomic E-state index is -0.513. The fourth-order valence-corrected chi connectivity index (χ4v) is 4.54. The Morgan fingerprint density at radius 3 is 2.53 bits per heavy atom. The van der Waals surface area contributed by atoms with E-state index in [0.29, 0.717) is 32.2 Å². The molecule has 2 atom stereocenters. The summed E-state index contributed by atoms with van der Waals surface area (Å²) >= 11 is 0. The molecule has 7 heteroatoms. The Kier molecular flexibility index (Phi) is 7.33. The number of ether oxygens (including phenoxy) is 4. The first-order valence-corrected chi connectivity index (χ1v) is 11.9. The van der Waals surface area contributed by atoms with E-state index in [1.165, 1.54) is 16.7 Å². The molecule has 0 saturated carbocycles. The average molecular weight is 469 g/mol. The zero-order valence-corrected chi connectivity index (χ0v) is 20.9. The number of likely N-dealkylation sites (N-methyl/N-ethyl adjacent to an activating group) is 1. The second kappa shape index (κ2) is 10.2. The van der Waals surface area contributed by atoms with Crippen LogP contribution < -0.4 is 9.47 Å². The predicted octanol–water partition coefficient (Wildman–Crippen LogP) is 4.29. The van der Waals surface area contributed by atoms with Crippen LogP contribution in [-0.2, 0) is 16.0 Å². The number of nitrogens with zero attached hydrogens (tertiary/aromatic N) is 2. The topological polar surface area (TPSA) is 60.5 Å². The van der Waals surface area contributed by atoms with E-state index < -0.39 is 5.60 Å². The van der Waals surface area contributed by atoms with E-state index in [-0.39, 0.29) is 12.2 Å². The second-order valence-electron chi connectivity index (χ2n) is 10.1. The summed E-state index contributed by atoms with van der Waals surface area (Å²) in [6.45, 7) is 9.32. The number of hydrogen-bond acceptors (Lipinski definition) is 6. The second-order valence-corrected chi connectivity index (χ2v) is 10.1. The highest BCUT2D eigenvalue weighted by molar-refractivity contribution is 5.68. The lowest BCUT2D eigenvalue weighted by Crippen LogP contribution is -2.49. The van der Waals surface area contributed by atoms with Crippen molar-refractivity contribution in [3.8, 4) is 11.5 Å². The minimum Gasteiger partial charge on any atom is -0.497 e. The molecule has 2 heterocycles. The summed E-state index contributed by atoms with van der Waals surface area (Å²) in [7, 11) is 3.84. The van der Waals surface area contributed by atoms with Crippen LogP contribution >= 0.6 is 0 Å². The van der Waals surface area contributed by atoms with E-state index in [2.05, 4.69) is 36.2 Å². The van der Waals surface area contributed by atoms with Crippen molar-refractivity contribution in [1.29, 1.82) is 0 Å². The molecule has 0 spiro atoms. The van der Waals surface area contributed by atoms with E-state index in [1.54, 1.807) is 12.0 Å². The standard InChI is InChI=1S/C27H36N2O5/c1-27(2,3)34-26(30)29-12-13-32-23(16-29)18-33-22-10-11-24-20(14-22)15-28(4)17-25(24)19-6-8-21(31-5)9-7-19/h6-11,14,23,25H,12-13,15-18H2,1-5H3. The molecule has 2 unspecified atom stereocenters. The summed E-state index contributed by atoms with van der Waals surface area (Å²) in [4.78, 5) is 16.4. The van der Waals surface area contributed by atoms with Gasteiger partial charge in [0.25, 0.3) is 0 Å². The van der Waals surface area contributed by atoms with Gasteiger partial charge in [-0.25, -0.2) is 4.79 Å². The lowest BCUT2D eigenvalue weighted by Gasteiger charge is -2.34. The van der Waals surface area contributed by atoms with Crippen molar-refractivity contribution >= 4 is 6.09 Å². The van der Waals surface area contributed by atoms with Crippen molar-refractivity contribution in [3.63, 3.8) is 0 Å². The number of morpholine rings is 1. The largest absolute Gasteiger partial charge is 0.497 e. The van der Waals surface area contributed by atoms with Gasteiger partial charge in [0.15, 0.2) is 0 Å². The number of rotatable bonds is 5. The van der Waals surface area contributed by atoms with Gasteiger partial charge < -0.3 is 28.7 Å². The molecule has 0 N–H and O–H groups in total. The third-order valence-corrected chi connectivity index (χ3v) is 6.17. The van der Waals surface area contributed by atoms with E-state index in [0.717, 1.165) is 24.6 Å². The summed E-state index contributed by atoms with van der Waals surface area (Å²) in [6.07, 6.45) is -0.491. The van der Waals surface area contributed by atoms with E-state index in [9.17, 15) is 4.79 Å². The summed E-state index contributed by atoms with van der Waals surface area (Å²) in [5.74, 6) is 1.99. The highest BCUT2D eigenvalue weighted by Gasteiger charge is 2.29. The Hall–Kier alpha value is -2.77. The van der Waals surface area contributed by atoms with Gasteiger partial charge in [-0.3, -0.25) is 0 Å². The zero-order valence-electron chi connectivity index (χ0n) is 20.9. The van der Waals surface area contributed by atoms with E-state index in [1.807, 2.05) is 39.0 Å². The van der Waals surface area contributed by atoms with E-state index in [4.69, 9.17) is 18.9 Å². The van der Waals surface area contributed by atoms with Crippen LogP contribution in [0, 0.1) is 0 Å². The Labute approximate surface area is 202 Å². The molecular formula is C27H36N2O5. The first kappa shape index (κ1) is 24.4. The van der Waals surface area contributed by atoms with Crippen LogP contribution in [0.1, 0.15) is 43.4 Å². The smallest absolute Gasteiger partial charge is 0.410 e. The lowest BCUT2D eigenvalue weighted by molar-refractivity contribution is -0.0557. The van der Waals surface area contributed by atoms with Crippen molar-refractivity contribution in [2.75, 3.05) is 47.0 Å². The molecule has 7 nitrogen and oxygen atoms in total. The Morgan fingerprint density at radius 2 is 1.82 bits per heavy atom. The van der Waals surface area contributed by atoms with Crippen LogP contribution in [0.2, 0.25) is 0 Å². The number of methoxy groups -OCH3 is 1. The number of amides is 1. The minimum absolute atomic E-state index is 0.188. The lowest BCUT2D eigenvalue weighted by atomic mass is 9.84. The van der Waals surface area contributed by atoms with Gasteiger partial charge >= 0.3 is 6.09 Å². The van der Waals surface area contributed by atoms with Gasteiger partial charge in [-0.05, 0) is 68.8 Å². The third kappa shape index (κ3) is 6.02. The van der Waals surface area contributed by atoms with Crippen LogP contribution in [0.3, 0.4) is 0 Å². The first-order chi connectivity index (χ1) is 16.2. The zero-order chi connectivity index (χ0) is 24.3. The van der Waals surface area contributed by atoms with Gasteiger partial charge in [0.1, 0.15) is 29.8 Å². The highest BCUT2D eigenvalue weighted by atomic mass is 16.6. The number of carbonyl (C=O) groups is 1. The number of fused-ring (bicyclic) bond motifs is 1. The van der Waals surface area contributed by atoms with E-state index >= 15 is 0 Å². The van der Waals surface area contributed by atoms with Crippen molar-refractivity contribution in [3.05, 3.63) is 59.2 Å². The molecule has 0 bridgehead atoms. The maximum Gasteiger partial charge on any atom is 0.410 e. The summed E-state index contributed by atoms with van der Waals surface area (Å²) in [5, 5.41) is 0. The monoisotopic (exact) mass is 468 g/mol. The molecule has 0 radical (unpaired) electrons. The molecule has 0 aliphatic carbocycles. The molecule has 34 heavy (non-hydrogen) atoms. The van der Waals surface area contributed by atoms with Crippen molar-refractivity contribution in [2.24, 2.45) is 0 Å². The fourth-order valence-electron chi connectivity index (χ4n) is 4.54. The van der Waals surface area contributed by atoms with Crippen LogP contribution in [0.25, 0.3) is 0 Å². The molecule has 4 rings (SSSR count). The van der Waals surface area contributed by atoms with Gasteiger partial charge in [0.05, 0.1) is 20.3 Å². The molecule has 1 saturated heterocycles. The third-order valence-electron chi connectivity index (χ3n) is 6.17. The molecule has 2 aromatic rings. The van der Waals surface area contributed by atoms with Crippen molar-refractivity contribution in [1.82, 2.24) is 9.80 Å². The van der Waals surface area contributed by atoms with Gasteiger partial charge in [-0.1, -0.05) is 18.2 Å². The molecular weight excluding hydrogens is 432 g/mol. The summed E-state index contributed by atoms with van der Waals surface area (Å²) in [6, 6.07) is 14.7. The van der Waals surface area contributed by atoms with Crippen molar-refractivity contribution in [2.45, 2.75) is 44.9 Å². The number of hydrogen-bond donors (Lipinski definition) is 0. The molecule has 1 fully saturated rings. The van der Waals surface area contributed by atoms with Gasteiger partial charge in [-0.15, -0.1) is 0 Å². The fraction of sp³-hybridized carbons (Fsp3) is 0.519. The molecule has 2 aromatic carbocycles. The van der Waals surface area contributed by atoms with Crippen molar-refractivity contribution < 1.29 is 23.7 Å². The van der Waals surface area contributed by atoms with Crippen LogP contribution in [-0.4, -0.2) is 74.6 Å². The Bertz CT molecular complexity index is 986. The van der Waals surface area contributed by atoms with Crippen LogP contribution in [0.4, 0.5) is 4.79 Å². The van der Waals surface area contributed by atoms with Gasteiger partial charge in [0.2, 0.25) is 0 Å². The molecule has 2 aliphatic heterocycles. The maximum atomic E-state index is 12.4. The SMILES string of the molecule is COc1ccc(C2CN(C)Cc3cc(OCC4CN(C(=O)OC(C)(C)C)CCO4)ccc32)cc1. The molecule has 2 aliphatic rings. The summed E-state index contributed by atoms with van der Waals surface area (Å²) < 4.78 is 22.8. The Balaban J connectivity index is 1.40. The Morgan fingerprint density at radius 1 is 1.09 bits per heavy atom. The van der Waals surface area contributed by atoms with Gasteiger partial charge in [0, 0.05) is 25.6 Å². The molecule has 1 amide bonds. The normalized spacial score (nSPS) is 21.0. The summed E-state index contributed by atoms with van der Waals surface area (Å²) in [5.41, 5.74) is 3.37. The van der Waals surface area contributed by atoms with Crippen LogP contribution in [0.15, 0.2) is 42.5 Å². The number of benzene rings is 2. The highest BCUT2D eigenvalue weighted by Crippen LogP contribution is 2.35. The molecule has 0 aromatic heterocycles. The van der Waals surface area contributed by atoms with Crippen LogP contribution in [0.5, 0.6) is 11.5 Å². The predicted molar refractivity (Wildman–Crippen MR) is 131 cm³/mol. The first-order valence-electron chi connectivity index (χ1n) is 11.9. The quantitative estimate of drug-likeness (QED) is 0.653. The number of carbonyl (C=O) groups excluding carboxylic acids is 1.